The highest BCUT2D eigenvalue weighted by Gasteiger charge is 2.34. The molecule has 21 heavy (non-hydrogen) atoms. The van der Waals surface area contributed by atoms with E-state index < -0.39 is 49.6 Å². The van der Waals surface area contributed by atoms with Gasteiger partial charge in [-0.05, 0) is 0 Å². The number of rotatable bonds is 2. The molecule has 1 aliphatic heterocycles. The molecule has 11 heteroatoms. The highest BCUT2D eigenvalue weighted by atomic mass is 32.2. The number of aliphatic imine (C=N–C) groups is 1. The minimum atomic E-state index is -3.82. The topological polar surface area (TPSA) is 119 Å². The summed E-state index contributed by atoms with van der Waals surface area (Å²) in [4.78, 5) is 13.4. The van der Waals surface area contributed by atoms with Crippen LogP contribution in [0.3, 0.4) is 0 Å². The second-order valence-corrected chi connectivity index (χ2v) is 6.38. The van der Waals surface area contributed by atoms with E-state index in [4.69, 9.17) is 5.73 Å². The largest absolute Gasteiger partial charge is 0.369 e. The molecule has 0 bridgehead atoms. The molecule has 1 aromatic rings. The Balaban J connectivity index is 2.57. The SMILES string of the molecule is CN1C(N)=N[C@H](c2cc([N+](=O)[O-])c(F)cc2F)CS1(=O)=O. The van der Waals surface area contributed by atoms with Crippen LogP contribution >= 0.6 is 0 Å². The summed E-state index contributed by atoms with van der Waals surface area (Å²) in [5, 5.41) is 10.7. The first-order chi connectivity index (χ1) is 9.63. The lowest BCUT2D eigenvalue weighted by molar-refractivity contribution is -0.387. The van der Waals surface area contributed by atoms with Crippen LogP contribution in [0.2, 0.25) is 0 Å². The van der Waals surface area contributed by atoms with Crippen molar-refractivity contribution in [1.29, 1.82) is 0 Å². The lowest BCUT2D eigenvalue weighted by Gasteiger charge is -2.27. The van der Waals surface area contributed by atoms with E-state index in [1.165, 1.54) is 7.05 Å². The third-order valence-corrected chi connectivity index (χ3v) is 4.78. The van der Waals surface area contributed by atoms with Gasteiger partial charge in [0.15, 0.2) is 0 Å². The van der Waals surface area contributed by atoms with Crippen LogP contribution in [0.4, 0.5) is 14.5 Å². The summed E-state index contributed by atoms with van der Waals surface area (Å²) in [6.45, 7) is 0. The van der Waals surface area contributed by atoms with E-state index in [2.05, 4.69) is 4.99 Å². The molecule has 0 radical (unpaired) electrons. The Kier molecular flexibility index (Phi) is 3.53. The average molecular weight is 320 g/mol. The lowest BCUT2D eigenvalue weighted by atomic mass is 10.1. The van der Waals surface area contributed by atoms with Crippen LogP contribution in [0.5, 0.6) is 0 Å². The fourth-order valence-corrected chi connectivity index (χ4v) is 3.05. The van der Waals surface area contributed by atoms with E-state index in [1.54, 1.807) is 0 Å². The van der Waals surface area contributed by atoms with Gasteiger partial charge in [-0.15, -0.1) is 0 Å². The van der Waals surface area contributed by atoms with Gasteiger partial charge in [0.25, 0.3) is 0 Å². The number of nitrogens with two attached hydrogens (primary N) is 1. The summed E-state index contributed by atoms with van der Waals surface area (Å²) < 4.78 is 51.4. The van der Waals surface area contributed by atoms with Crippen molar-refractivity contribution in [2.24, 2.45) is 10.7 Å². The molecular weight excluding hydrogens is 310 g/mol. The summed E-state index contributed by atoms with van der Waals surface area (Å²) in [7, 11) is -2.65. The van der Waals surface area contributed by atoms with E-state index in [0.717, 1.165) is 4.31 Å². The molecule has 1 atom stereocenters. The van der Waals surface area contributed by atoms with Gasteiger partial charge in [0.2, 0.25) is 21.8 Å². The van der Waals surface area contributed by atoms with Crippen molar-refractivity contribution in [3.63, 3.8) is 0 Å². The lowest BCUT2D eigenvalue weighted by Crippen LogP contribution is -2.45. The molecule has 1 aromatic carbocycles. The van der Waals surface area contributed by atoms with Crippen LogP contribution in [0, 0.1) is 21.7 Å². The Bertz CT molecular complexity index is 750. The van der Waals surface area contributed by atoms with Gasteiger partial charge in [-0.3, -0.25) is 10.1 Å². The van der Waals surface area contributed by atoms with Crippen LogP contribution in [0.1, 0.15) is 11.6 Å². The van der Waals surface area contributed by atoms with Crippen molar-refractivity contribution in [3.05, 3.63) is 39.4 Å². The molecule has 8 nitrogen and oxygen atoms in total. The molecule has 1 aliphatic rings. The smallest absolute Gasteiger partial charge is 0.305 e. The number of benzene rings is 1. The van der Waals surface area contributed by atoms with Gasteiger partial charge >= 0.3 is 5.69 Å². The molecule has 114 valence electrons. The molecule has 0 aromatic heterocycles. The first-order valence-electron chi connectivity index (χ1n) is 5.56. The number of nitrogens with zero attached hydrogens (tertiary/aromatic N) is 3. The molecule has 0 unspecified atom stereocenters. The predicted octanol–water partition coefficient (Wildman–Crippen LogP) is 0.504. The normalized spacial score (nSPS) is 21.0. The highest BCUT2D eigenvalue weighted by molar-refractivity contribution is 7.89. The molecular formula is C10H10F2N4O4S. The zero-order valence-corrected chi connectivity index (χ0v) is 11.5. The number of guanidine groups is 1. The van der Waals surface area contributed by atoms with Crippen molar-refractivity contribution in [2.75, 3.05) is 12.8 Å². The van der Waals surface area contributed by atoms with Gasteiger partial charge < -0.3 is 5.73 Å². The minimum absolute atomic E-state index is 0.324. The maximum atomic E-state index is 13.8. The Hall–Kier alpha value is -2.30. The van der Waals surface area contributed by atoms with Crippen LogP contribution in [-0.4, -0.2) is 36.4 Å². The summed E-state index contributed by atoms with van der Waals surface area (Å²) in [6.07, 6.45) is 0. The van der Waals surface area contributed by atoms with Crippen molar-refractivity contribution < 1.29 is 22.1 Å². The molecule has 2 rings (SSSR count). The number of hydrogen-bond donors (Lipinski definition) is 1. The van der Waals surface area contributed by atoms with Gasteiger partial charge in [0.1, 0.15) is 5.82 Å². The first-order valence-corrected chi connectivity index (χ1v) is 7.17. The van der Waals surface area contributed by atoms with Crippen molar-refractivity contribution in [2.45, 2.75) is 6.04 Å². The quantitative estimate of drug-likeness (QED) is 0.629. The van der Waals surface area contributed by atoms with Crippen molar-refractivity contribution >= 4 is 21.7 Å². The van der Waals surface area contributed by atoms with E-state index in [0.29, 0.717) is 12.1 Å². The fraction of sp³-hybridized carbons (Fsp3) is 0.300. The maximum absolute atomic E-state index is 13.8. The molecule has 0 fully saturated rings. The highest BCUT2D eigenvalue weighted by Crippen LogP contribution is 2.31. The summed E-state index contributed by atoms with van der Waals surface area (Å²) in [6, 6.07) is -0.317. The Morgan fingerprint density at radius 2 is 2.05 bits per heavy atom. The number of hydrogen-bond acceptors (Lipinski definition) is 6. The second kappa shape index (κ2) is 4.91. The summed E-state index contributed by atoms with van der Waals surface area (Å²) in [5.74, 6) is -3.48. The van der Waals surface area contributed by atoms with Crippen LogP contribution in [0.25, 0.3) is 0 Å². The second-order valence-electron chi connectivity index (χ2n) is 4.33. The van der Waals surface area contributed by atoms with Crippen molar-refractivity contribution in [3.8, 4) is 0 Å². The third-order valence-electron chi connectivity index (χ3n) is 3.02. The number of nitro groups is 1. The molecule has 0 aliphatic carbocycles. The number of sulfonamides is 1. The Labute approximate surface area is 118 Å². The number of halogens is 2. The first kappa shape index (κ1) is 15.1. The van der Waals surface area contributed by atoms with Crippen LogP contribution in [0.15, 0.2) is 17.1 Å². The molecule has 0 saturated heterocycles. The number of nitro benzene ring substituents is 1. The molecule has 0 saturated carbocycles. The fourth-order valence-electron chi connectivity index (χ4n) is 1.84. The van der Waals surface area contributed by atoms with Gasteiger partial charge in [0, 0.05) is 24.7 Å². The monoisotopic (exact) mass is 320 g/mol. The Morgan fingerprint density at radius 1 is 1.43 bits per heavy atom. The zero-order chi connectivity index (χ0) is 15.9. The standard InChI is InChI=1S/C10H10F2N4O4S/c1-15-10(13)14-8(4-21(15,19)20)5-2-9(16(17)18)7(12)3-6(5)11/h2-3,8H,4H2,1H3,(H2,13,14)/t8-/m0/s1. The van der Waals surface area contributed by atoms with Gasteiger partial charge in [-0.1, -0.05) is 0 Å². The minimum Gasteiger partial charge on any atom is -0.369 e. The van der Waals surface area contributed by atoms with Gasteiger partial charge in [-0.2, -0.15) is 4.39 Å². The van der Waals surface area contributed by atoms with Gasteiger partial charge in [-0.25, -0.2) is 22.1 Å². The zero-order valence-electron chi connectivity index (χ0n) is 10.7. The molecule has 2 N–H and O–H groups in total. The van der Waals surface area contributed by atoms with Crippen LogP contribution in [-0.2, 0) is 10.0 Å². The Morgan fingerprint density at radius 3 is 2.57 bits per heavy atom. The summed E-state index contributed by atoms with van der Waals surface area (Å²) in [5.41, 5.74) is 4.06. The van der Waals surface area contributed by atoms with Gasteiger partial charge in [0.05, 0.1) is 16.7 Å². The predicted molar refractivity (Wildman–Crippen MR) is 68.9 cm³/mol. The molecule has 0 spiro atoms. The average Bonchev–Trinajstić information content (AvgIpc) is 2.34. The maximum Gasteiger partial charge on any atom is 0.305 e. The third kappa shape index (κ3) is 2.63. The summed E-state index contributed by atoms with van der Waals surface area (Å²) >= 11 is 0. The van der Waals surface area contributed by atoms with E-state index in [-0.39, 0.29) is 5.96 Å². The van der Waals surface area contributed by atoms with E-state index in [1.807, 2.05) is 0 Å². The van der Waals surface area contributed by atoms with E-state index >= 15 is 0 Å². The molecule has 1 heterocycles. The van der Waals surface area contributed by atoms with Crippen molar-refractivity contribution in [1.82, 2.24) is 4.31 Å². The van der Waals surface area contributed by atoms with Crippen LogP contribution < -0.4 is 5.73 Å². The van der Waals surface area contributed by atoms with E-state index in [9.17, 15) is 27.3 Å². The molecule has 0 amide bonds.